The lowest BCUT2D eigenvalue weighted by atomic mass is 9.62. The fourth-order valence-corrected chi connectivity index (χ4v) is 4.53. The highest BCUT2D eigenvalue weighted by molar-refractivity contribution is 5.97. The molecule has 0 saturated heterocycles. The molecule has 2 fully saturated rings. The summed E-state index contributed by atoms with van der Waals surface area (Å²) in [6.07, 6.45) is 5.12. The number of nitrogens with one attached hydrogen (secondary N) is 1. The molecule has 0 heterocycles. The van der Waals surface area contributed by atoms with E-state index in [0.29, 0.717) is 23.3 Å². The molecule has 2 bridgehead atoms. The van der Waals surface area contributed by atoms with Gasteiger partial charge in [0.2, 0.25) is 5.91 Å². The molecule has 2 saturated carbocycles. The maximum atomic E-state index is 12.8. The number of allylic oxidation sites excluding steroid dienone is 2. The van der Waals surface area contributed by atoms with Crippen molar-refractivity contribution in [2.75, 3.05) is 12.4 Å². The van der Waals surface area contributed by atoms with Gasteiger partial charge in [-0.15, -0.1) is 0 Å². The minimum absolute atomic E-state index is 0.00378. The van der Waals surface area contributed by atoms with Crippen LogP contribution in [0.2, 0.25) is 0 Å². The van der Waals surface area contributed by atoms with E-state index in [4.69, 9.17) is 4.74 Å². The predicted octanol–water partition coefficient (Wildman–Crippen LogP) is 2.40. The third-order valence-electron chi connectivity index (χ3n) is 5.60. The van der Waals surface area contributed by atoms with Crippen molar-refractivity contribution in [3.05, 3.63) is 36.4 Å². The monoisotopic (exact) mass is 313 g/mol. The zero-order valence-corrected chi connectivity index (χ0v) is 12.8. The van der Waals surface area contributed by atoms with Gasteiger partial charge in [-0.05, 0) is 42.2 Å². The lowest BCUT2D eigenvalue weighted by Crippen LogP contribution is -2.48. The number of anilines is 1. The van der Waals surface area contributed by atoms with Crippen LogP contribution in [-0.4, -0.2) is 24.1 Å². The highest BCUT2D eigenvalue weighted by Gasteiger charge is 2.62. The van der Waals surface area contributed by atoms with Gasteiger partial charge >= 0.3 is 5.97 Å². The molecule has 1 aromatic rings. The summed E-state index contributed by atoms with van der Waals surface area (Å²) in [5, 5.41) is 12.5. The zero-order valence-electron chi connectivity index (χ0n) is 12.8. The largest absolute Gasteiger partial charge is 0.495 e. The highest BCUT2D eigenvalue weighted by atomic mass is 16.5. The number of methoxy groups -OCH3 is 1. The van der Waals surface area contributed by atoms with Crippen molar-refractivity contribution in [3.63, 3.8) is 0 Å². The van der Waals surface area contributed by atoms with Gasteiger partial charge in [0, 0.05) is 0 Å². The van der Waals surface area contributed by atoms with Gasteiger partial charge in [0.1, 0.15) is 5.75 Å². The van der Waals surface area contributed by atoms with Crippen molar-refractivity contribution in [2.45, 2.75) is 6.42 Å². The van der Waals surface area contributed by atoms with Crippen LogP contribution in [-0.2, 0) is 9.59 Å². The van der Waals surface area contributed by atoms with E-state index < -0.39 is 17.8 Å². The van der Waals surface area contributed by atoms with Crippen LogP contribution >= 0.6 is 0 Å². The van der Waals surface area contributed by atoms with Crippen molar-refractivity contribution >= 4 is 17.6 Å². The number of para-hydroxylation sites is 2. The number of ether oxygens (including phenoxy) is 1. The molecule has 2 N–H and O–H groups in total. The third kappa shape index (κ3) is 2.14. The van der Waals surface area contributed by atoms with Crippen LogP contribution in [0.4, 0.5) is 5.69 Å². The van der Waals surface area contributed by atoms with E-state index >= 15 is 0 Å². The summed E-state index contributed by atoms with van der Waals surface area (Å²) in [5.74, 6) is -0.651. The maximum Gasteiger partial charge on any atom is 0.307 e. The molecule has 4 aliphatic carbocycles. The predicted molar refractivity (Wildman–Crippen MR) is 84.0 cm³/mol. The molecule has 1 amide bonds. The van der Waals surface area contributed by atoms with Crippen LogP contribution in [0.1, 0.15) is 6.42 Å². The lowest BCUT2D eigenvalue weighted by Gasteiger charge is -2.41. The average Bonchev–Trinajstić information content (AvgIpc) is 3.36. The van der Waals surface area contributed by atoms with Gasteiger partial charge in [-0.1, -0.05) is 24.3 Å². The summed E-state index contributed by atoms with van der Waals surface area (Å²) >= 11 is 0. The summed E-state index contributed by atoms with van der Waals surface area (Å²) < 4.78 is 5.25. The van der Waals surface area contributed by atoms with Gasteiger partial charge in [0.25, 0.3) is 0 Å². The Labute approximate surface area is 134 Å². The molecular formula is C18H19NO4. The quantitative estimate of drug-likeness (QED) is 0.837. The number of rotatable bonds is 4. The van der Waals surface area contributed by atoms with Crippen LogP contribution in [0.3, 0.4) is 0 Å². The second-order valence-electron chi connectivity index (χ2n) is 6.68. The smallest absolute Gasteiger partial charge is 0.307 e. The molecule has 4 aliphatic rings. The van der Waals surface area contributed by atoms with Gasteiger partial charge in [0.05, 0.1) is 24.6 Å². The standard InChI is InChI=1S/C18H19NO4/c1-23-14-5-3-2-4-13(14)19-17(20)15-9-6-7-10(12-8-11(9)12)16(15)18(21)22/h2-7,9-12,15-16H,8H2,1H3,(H,19,20)(H,21,22)/t9-,10+,11-,12+,15-,16+/m1/s1. The Balaban J connectivity index is 1.62. The van der Waals surface area contributed by atoms with Gasteiger partial charge < -0.3 is 15.2 Å². The first-order chi connectivity index (χ1) is 11.1. The van der Waals surface area contributed by atoms with E-state index in [1.54, 1.807) is 19.2 Å². The number of amides is 1. The van der Waals surface area contributed by atoms with E-state index in [2.05, 4.69) is 11.4 Å². The van der Waals surface area contributed by atoms with E-state index in [9.17, 15) is 14.7 Å². The number of aliphatic carboxylic acids is 1. The Kier molecular flexibility index (Phi) is 3.18. The van der Waals surface area contributed by atoms with E-state index in [1.165, 1.54) is 0 Å². The fourth-order valence-electron chi connectivity index (χ4n) is 4.53. The topological polar surface area (TPSA) is 75.6 Å². The Morgan fingerprint density at radius 1 is 1.13 bits per heavy atom. The van der Waals surface area contributed by atoms with Crippen molar-refractivity contribution in [3.8, 4) is 5.75 Å². The first-order valence-electron chi connectivity index (χ1n) is 7.97. The Morgan fingerprint density at radius 2 is 1.78 bits per heavy atom. The number of carboxylic acid groups (broad SMARTS) is 1. The minimum atomic E-state index is -0.866. The van der Waals surface area contributed by atoms with Crippen LogP contribution in [0.15, 0.2) is 36.4 Å². The second kappa shape index (κ2) is 5.11. The molecule has 0 aliphatic heterocycles. The van der Waals surface area contributed by atoms with Gasteiger partial charge in [-0.25, -0.2) is 0 Å². The summed E-state index contributed by atoms with van der Waals surface area (Å²) in [4.78, 5) is 24.6. The molecular weight excluding hydrogens is 294 g/mol. The van der Waals surface area contributed by atoms with E-state index in [-0.39, 0.29) is 17.7 Å². The Morgan fingerprint density at radius 3 is 2.43 bits per heavy atom. The molecule has 6 atom stereocenters. The molecule has 0 spiro atoms. The number of benzene rings is 1. The first kappa shape index (κ1) is 14.3. The normalized spacial score (nSPS) is 36.2. The average molecular weight is 313 g/mol. The van der Waals surface area contributed by atoms with Crippen LogP contribution in [0, 0.1) is 35.5 Å². The van der Waals surface area contributed by atoms with Crippen molar-refractivity contribution < 1.29 is 19.4 Å². The molecule has 5 heteroatoms. The van der Waals surface area contributed by atoms with Crippen molar-refractivity contribution in [1.82, 2.24) is 0 Å². The molecule has 0 aromatic heterocycles. The summed E-state index contributed by atoms with van der Waals surface area (Å²) in [6, 6.07) is 7.18. The number of carbonyl (C=O) groups is 2. The third-order valence-corrected chi connectivity index (χ3v) is 5.60. The first-order valence-corrected chi connectivity index (χ1v) is 7.97. The summed E-state index contributed by atoms with van der Waals surface area (Å²) in [5.41, 5.74) is 0.585. The van der Waals surface area contributed by atoms with E-state index in [1.807, 2.05) is 18.2 Å². The highest BCUT2D eigenvalue weighted by Crippen LogP contribution is 2.63. The second-order valence-corrected chi connectivity index (χ2v) is 6.68. The minimum Gasteiger partial charge on any atom is -0.495 e. The van der Waals surface area contributed by atoms with Gasteiger partial charge in [-0.2, -0.15) is 0 Å². The summed E-state index contributed by atoms with van der Waals surface area (Å²) in [7, 11) is 1.55. The maximum absolute atomic E-state index is 12.8. The molecule has 120 valence electrons. The number of carbonyl (C=O) groups excluding carboxylic acids is 1. The van der Waals surface area contributed by atoms with Crippen LogP contribution in [0.5, 0.6) is 5.75 Å². The molecule has 5 nitrogen and oxygen atoms in total. The summed E-state index contributed by atoms with van der Waals surface area (Å²) in [6.45, 7) is 0. The fraction of sp³-hybridized carbons (Fsp3) is 0.444. The molecule has 1 aromatic carbocycles. The molecule has 0 radical (unpaired) electrons. The lowest BCUT2D eigenvalue weighted by molar-refractivity contribution is -0.152. The van der Waals surface area contributed by atoms with Gasteiger partial charge in [-0.3, -0.25) is 9.59 Å². The number of hydrogen-bond donors (Lipinski definition) is 2. The number of hydrogen-bond acceptors (Lipinski definition) is 3. The Hall–Kier alpha value is -2.30. The SMILES string of the molecule is COc1ccccc1NC(=O)[C@@H]1[C@@H]2C=C[C@@H]([C@@H]3C[C@H]23)[C@@H]1C(=O)O. The number of fused-ring (bicyclic) bond motifs is 1. The van der Waals surface area contributed by atoms with Crippen molar-refractivity contribution in [1.29, 1.82) is 0 Å². The van der Waals surface area contributed by atoms with Crippen LogP contribution < -0.4 is 10.1 Å². The molecule has 0 unspecified atom stereocenters. The van der Waals surface area contributed by atoms with Crippen LogP contribution in [0.25, 0.3) is 0 Å². The number of carboxylic acids is 1. The van der Waals surface area contributed by atoms with E-state index in [0.717, 1.165) is 6.42 Å². The molecule has 23 heavy (non-hydrogen) atoms. The molecule has 5 rings (SSSR count). The van der Waals surface area contributed by atoms with Crippen molar-refractivity contribution in [2.24, 2.45) is 35.5 Å². The van der Waals surface area contributed by atoms with Gasteiger partial charge in [0.15, 0.2) is 0 Å². The zero-order chi connectivity index (χ0) is 16.1. The Bertz CT molecular complexity index is 698.